The molecular weight excluding hydrogens is 370 g/mol. The van der Waals surface area contributed by atoms with Crippen LogP contribution in [0.2, 0.25) is 0 Å². The first-order valence-corrected chi connectivity index (χ1v) is 8.60. The fraction of sp³-hybridized carbons (Fsp3) is 0.455. The Kier molecular flexibility index (Phi) is 4.28. The first-order chi connectivity index (χ1) is 7.99. The highest BCUT2D eigenvalue weighted by Gasteiger charge is 2.29. The van der Waals surface area contributed by atoms with Gasteiger partial charge in [0.25, 0.3) is 0 Å². The van der Waals surface area contributed by atoms with Gasteiger partial charge in [-0.3, -0.25) is 0 Å². The fourth-order valence-electron chi connectivity index (χ4n) is 1.95. The van der Waals surface area contributed by atoms with Gasteiger partial charge in [0.15, 0.2) is 0 Å². The predicted molar refractivity (Wildman–Crippen MR) is 74.8 cm³/mol. The number of alkyl halides is 1. The zero-order valence-corrected chi connectivity index (χ0v) is 13.1. The zero-order valence-electron chi connectivity index (χ0n) is 9.07. The van der Waals surface area contributed by atoms with E-state index in [4.69, 9.17) is 0 Å². The predicted octanol–water partition coefficient (Wildman–Crippen LogP) is 3.04. The number of nitrogens with one attached hydrogen (secondary N) is 1. The van der Waals surface area contributed by atoms with Gasteiger partial charge in [-0.2, -0.15) is 0 Å². The molecule has 0 radical (unpaired) electrons. The quantitative estimate of drug-likeness (QED) is 0.816. The number of halogens is 2. The van der Waals surface area contributed by atoms with Crippen molar-refractivity contribution in [2.24, 2.45) is 0 Å². The van der Waals surface area contributed by atoms with Crippen LogP contribution in [0.25, 0.3) is 0 Å². The van der Waals surface area contributed by atoms with E-state index in [1.807, 2.05) is 6.07 Å². The highest BCUT2D eigenvalue weighted by Crippen LogP contribution is 2.27. The van der Waals surface area contributed by atoms with E-state index in [1.165, 1.54) is 0 Å². The van der Waals surface area contributed by atoms with Gasteiger partial charge in [0, 0.05) is 15.3 Å². The molecule has 0 heterocycles. The largest absolute Gasteiger partial charge is 0.240 e. The second-order valence-electron chi connectivity index (χ2n) is 4.13. The van der Waals surface area contributed by atoms with Gasteiger partial charge in [-0.15, -0.1) is 0 Å². The summed E-state index contributed by atoms with van der Waals surface area (Å²) in [5.74, 6) is 0. The molecule has 2 atom stereocenters. The molecule has 1 aromatic rings. The average Bonchev–Trinajstić information content (AvgIpc) is 2.64. The Morgan fingerprint density at radius 1 is 1.29 bits per heavy atom. The Balaban J connectivity index is 2.19. The minimum Gasteiger partial charge on any atom is -0.207 e. The lowest BCUT2D eigenvalue weighted by atomic mass is 10.3. The molecule has 3 nitrogen and oxygen atoms in total. The number of benzene rings is 1. The van der Waals surface area contributed by atoms with Crippen LogP contribution in [-0.4, -0.2) is 19.3 Å². The lowest BCUT2D eigenvalue weighted by Crippen LogP contribution is -2.37. The molecule has 6 heteroatoms. The van der Waals surface area contributed by atoms with Crippen LogP contribution < -0.4 is 4.72 Å². The van der Waals surface area contributed by atoms with Crippen LogP contribution in [0.15, 0.2) is 33.6 Å². The third-order valence-corrected chi connectivity index (χ3v) is 5.92. The van der Waals surface area contributed by atoms with Crippen LogP contribution in [-0.2, 0) is 10.0 Å². The van der Waals surface area contributed by atoms with Gasteiger partial charge in [0.2, 0.25) is 10.0 Å². The lowest BCUT2D eigenvalue weighted by molar-refractivity contribution is 0.556. The topological polar surface area (TPSA) is 46.2 Å². The van der Waals surface area contributed by atoms with Crippen LogP contribution in [0.5, 0.6) is 0 Å². The molecule has 2 rings (SSSR count). The maximum atomic E-state index is 12.1. The van der Waals surface area contributed by atoms with Crippen molar-refractivity contribution in [3.63, 3.8) is 0 Å². The minimum absolute atomic E-state index is 0.000943. The average molecular weight is 383 g/mol. The summed E-state index contributed by atoms with van der Waals surface area (Å²) in [6.45, 7) is 0. The van der Waals surface area contributed by atoms with Crippen molar-refractivity contribution in [1.82, 2.24) is 4.72 Å². The van der Waals surface area contributed by atoms with E-state index >= 15 is 0 Å². The number of rotatable bonds is 3. The Bertz CT molecular complexity index is 504. The molecule has 0 saturated heterocycles. The van der Waals surface area contributed by atoms with Gasteiger partial charge in [0.1, 0.15) is 0 Å². The molecule has 1 aliphatic rings. The van der Waals surface area contributed by atoms with Gasteiger partial charge in [0.05, 0.1) is 4.90 Å². The lowest BCUT2D eigenvalue weighted by Gasteiger charge is -2.16. The monoisotopic (exact) mass is 381 g/mol. The zero-order chi connectivity index (χ0) is 12.5. The van der Waals surface area contributed by atoms with Gasteiger partial charge in [-0.25, -0.2) is 13.1 Å². The summed E-state index contributed by atoms with van der Waals surface area (Å²) < 4.78 is 27.8. The molecule has 0 aliphatic heterocycles. The second kappa shape index (κ2) is 5.38. The molecule has 0 amide bonds. The third kappa shape index (κ3) is 3.30. The van der Waals surface area contributed by atoms with Gasteiger partial charge in [-0.1, -0.05) is 44.3 Å². The van der Waals surface area contributed by atoms with Crippen molar-refractivity contribution in [3.8, 4) is 0 Å². The molecule has 1 N–H and O–H groups in total. The van der Waals surface area contributed by atoms with Crippen LogP contribution >= 0.6 is 31.9 Å². The molecule has 1 aromatic carbocycles. The SMILES string of the molecule is O=S(=O)(NC1CCCC1Br)c1cccc(Br)c1. The van der Waals surface area contributed by atoms with Crippen molar-refractivity contribution in [1.29, 1.82) is 0 Å². The Hall–Kier alpha value is 0.0900. The molecule has 1 aliphatic carbocycles. The van der Waals surface area contributed by atoms with E-state index in [9.17, 15) is 8.42 Å². The van der Waals surface area contributed by atoms with Gasteiger partial charge < -0.3 is 0 Å². The fourth-order valence-corrected chi connectivity index (χ4v) is 4.75. The molecule has 17 heavy (non-hydrogen) atoms. The van der Waals surface area contributed by atoms with Gasteiger partial charge >= 0.3 is 0 Å². The highest BCUT2D eigenvalue weighted by atomic mass is 79.9. The summed E-state index contributed by atoms with van der Waals surface area (Å²) in [5, 5.41) is 0. The maximum Gasteiger partial charge on any atom is 0.240 e. The minimum atomic E-state index is -3.41. The molecule has 0 spiro atoms. The number of hydrogen-bond donors (Lipinski definition) is 1. The van der Waals surface area contributed by atoms with E-state index < -0.39 is 10.0 Å². The maximum absolute atomic E-state index is 12.1. The van der Waals surface area contributed by atoms with Crippen LogP contribution in [0.3, 0.4) is 0 Å². The molecule has 0 bridgehead atoms. The standard InChI is InChI=1S/C11H13Br2NO2S/c12-8-3-1-4-9(7-8)17(15,16)14-11-6-2-5-10(11)13/h1,3-4,7,10-11,14H,2,5-6H2. The van der Waals surface area contributed by atoms with Crippen LogP contribution in [0, 0.1) is 0 Å². The van der Waals surface area contributed by atoms with Crippen molar-refractivity contribution in [2.45, 2.75) is 35.0 Å². The molecule has 94 valence electrons. The molecule has 2 unspecified atom stereocenters. The van der Waals surface area contributed by atoms with Crippen molar-refractivity contribution in [2.75, 3.05) is 0 Å². The molecule has 1 saturated carbocycles. The van der Waals surface area contributed by atoms with E-state index in [2.05, 4.69) is 36.6 Å². The second-order valence-corrected chi connectivity index (χ2v) is 7.94. The van der Waals surface area contributed by atoms with Gasteiger partial charge in [-0.05, 0) is 31.0 Å². The van der Waals surface area contributed by atoms with E-state index in [0.29, 0.717) is 4.90 Å². The van der Waals surface area contributed by atoms with E-state index in [-0.39, 0.29) is 10.9 Å². The molecular formula is C11H13Br2NO2S. The summed E-state index contributed by atoms with van der Waals surface area (Å²) in [6, 6.07) is 6.74. The van der Waals surface area contributed by atoms with Crippen molar-refractivity contribution < 1.29 is 8.42 Å². The van der Waals surface area contributed by atoms with Crippen molar-refractivity contribution in [3.05, 3.63) is 28.7 Å². The first kappa shape index (κ1) is 13.5. The highest BCUT2D eigenvalue weighted by molar-refractivity contribution is 9.10. The molecule has 0 aromatic heterocycles. The van der Waals surface area contributed by atoms with Crippen LogP contribution in [0.1, 0.15) is 19.3 Å². The summed E-state index contributed by atoms with van der Waals surface area (Å²) in [6.07, 6.45) is 2.97. The molecule has 1 fully saturated rings. The van der Waals surface area contributed by atoms with E-state index in [0.717, 1.165) is 23.7 Å². The summed E-state index contributed by atoms with van der Waals surface area (Å²) in [4.78, 5) is 0.544. The first-order valence-electron chi connectivity index (χ1n) is 5.41. The van der Waals surface area contributed by atoms with Crippen molar-refractivity contribution >= 4 is 41.9 Å². The summed E-state index contributed by atoms with van der Waals surface area (Å²) in [5.41, 5.74) is 0. The smallest absolute Gasteiger partial charge is 0.207 e. The normalized spacial score (nSPS) is 25.1. The number of hydrogen-bond acceptors (Lipinski definition) is 2. The number of sulfonamides is 1. The summed E-state index contributed by atoms with van der Waals surface area (Å²) in [7, 11) is -3.41. The van der Waals surface area contributed by atoms with Crippen LogP contribution in [0.4, 0.5) is 0 Å². The Morgan fingerprint density at radius 2 is 2.06 bits per heavy atom. The summed E-state index contributed by atoms with van der Waals surface area (Å²) >= 11 is 6.79. The Morgan fingerprint density at radius 3 is 2.65 bits per heavy atom. The third-order valence-electron chi connectivity index (χ3n) is 2.84. The van der Waals surface area contributed by atoms with E-state index in [1.54, 1.807) is 18.2 Å². The Labute approximate surface area is 118 Å².